The summed E-state index contributed by atoms with van der Waals surface area (Å²) < 4.78 is 55.5. The Hall–Kier alpha value is -2.04. The molecule has 12 heteroatoms. The Labute approximate surface area is 274 Å². The van der Waals surface area contributed by atoms with Crippen molar-refractivity contribution < 1.29 is 32.4 Å². The molecule has 0 saturated carbocycles. The van der Waals surface area contributed by atoms with E-state index in [9.17, 15) is 14.1 Å². The number of nitrogens with zero attached hydrogens (tertiary/aromatic N) is 1. The van der Waals surface area contributed by atoms with Crippen LogP contribution in [0.5, 0.6) is 5.75 Å². The molecule has 2 aliphatic rings. The maximum Gasteiger partial charge on any atom is 0.337 e. The van der Waals surface area contributed by atoms with Crippen LogP contribution in [0.4, 0.5) is 20.2 Å². The molecule has 1 atom stereocenters. The summed E-state index contributed by atoms with van der Waals surface area (Å²) >= 11 is 3.74. The molecule has 2 aliphatic heterocycles. The zero-order valence-corrected chi connectivity index (χ0v) is 30.1. The summed E-state index contributed by atoms with van der Waals surface area (Å²) in [6.45, 7) is 11.7. The van der Waals surface area contributed by atoms with Crippen LogP contribution in [0.2, 0.25) is 0 Å². The fourth-order valence-corrected chi connectivity index (χ4v) is 9.15. The van der Waals surface area contributed by atoms with Gasteiger partial charge in [-0.15, -0.1) is 0 Å². The highest BCUT2D eigenvalue weighted by Crippen LogP contribution is 2.58. The molecule has 0 amide bonds. The molecular weight excluding hydrogens is 804 g/mol. The van der Waals surface area contributed by atoms with Crippen LogP contribution in [0.3, 0.4) is 0 Å². The lowest BCUT2D eigenvalue weighted by Gasteiger charge is -2.46. The molecule has 2 N–H and O–H groups in total. The monoisotopic (exact) mass is 838 g/mol. The summed E-state index contributed by atoms with van der Waals surface area (Å²) in [5, 5.41) is 14.0. The standard InChI is InChI=1S/C31H34F2I2N2O5S/c1-15-18(8-11-22-27(15)36-12-13-41-22)23-16(2)24-26-19(20(32)9-10-21(26)33)14-37(43(7,34,35)40)28(24)17(3)25(23)29(30(38)39)42-31(4,5)6/h8-11,29,36H,12-14H2,1-7H3,(H,38,39)/t29-/m0/s1. The SMILES string of the molecule is Cc1c(-c2c(C)c3c(c(C)c2[C@H](OC(C)(C)C)C(=O)O)N(S(C)(=O)(I)I)Cc2c(F)ccc(F)c2-3)ccc2c1NCCO2. The maximum atomic E-state index is 15.8. The van der Waals surface area contributed by atoms with Gasteiger partial charge in [0, 0.05) is 77.5 Å². The third-order valence-electron chi connectivity index (χ3n) is 7.81. The molecule has 3 aromatic rings. The number of nitrogens with one attached hydrogen (secondary N) is 1. The van der Waals surface area contributed by atoms with E-state index in [1.165, 1.54) is 0 Å². The summed E-state index contributed by atoms with van der Waals surface area (Å²) in [5.41, 5.74) is 4.33. The minimum absolute atomic E-state index is 0.0877. The molecule has 2 heterocycles. The molecule has 0 unspecified atom stereocenters. The number of carbonyl (C=O) groups is 1. The topological polar surface area (TPSA) is 88.1 Å². The molecule has 3 aromatic carbocycles. The molecule has 0 radical (unpaired) electrons. The van der Waals surface area contributed by atoms with Gasteiger partial charge in [-0.05, 0) is 87.6 Å². The van der Waals surface area contributed by atoms with E-state index in [4.69, 9.17) is 9.47 Å². The number of ether oxygens (including phenoxy) is 2. The van der Waals surface area contributed by atoms with E-state index in [1.807, 2.05) is 61.5 Å². The Kier molecular flexibility index (Phi) is 8.12. The lowest BCUT2D eigenvalue weighted by molar-refractivity contribution is -0.160. The average molecular weight is 838 g/mol. The number of hydrogen-bond acceptors (Lipinski definition) is 5. The third kappa shape index (κ3) is 5.76. The van der Waals surface area contributed by atoms with Gasteiger partial charge in [-0.25, -0.2) is 17.8 Å². The zero-order valence-electron chi connectivity index (χ0n) is 25.0. The average Bonchev–Trinajstić information content (AvgIpc) is 2.89. The minimum Gasteiger partial charge on any atom is -0.490 e. The van der Waals surface area contributed by atoms with Crippen LogP contribution in [0.15, 0.2) is 24.3 Å². The van der Waals surface area contributed by atoms with Gasteiger partial charge in [-0.1, -0.05) is 6.07 Å². The summed E-state index contributed by atoms with van der Waals surface area (Å²) in [7, 11) is 0. The second-order valence-electron chi connectivity index (χ2n) is 12.1. The summed E-state index contributed by atoms with van der Waals surface area (Å²) in [6, 6.07) is 5.87. The van der Waals surface area contributed by atoms with Crippen molar-refractivity contribution in [2.24, 2.45) is 0 Å². The van der Waals surface area contributed by atoms with Gasteiger partial charge in [-0.3, -0.25) is 4.31 Å². The predicted molar refractivity (Wildman–Crippen MR) is 185 cm³/mol. The van der Waals surface area contributed by atoms with Crippen molar-refractivity contribution in [1.29, 1.82) is 0 Å². The van der Waals surface area contributed by atoms with Crippen LogP contribution >= 0.6 is 42.4 Å². The number of anilines is 2. The lowest BCUT2D eigenvalue weighted by Crippen LogP contribution is -2.42. The molecule has 0 aliphatic carbocycles. The molecule has 0 spiro atoms. The van der Waals surface area contributed by atoms with Crippen LogP contribution in [0.1, 0.15) is 54.7 Å². The first-order valence-corrected chi connectivity index (χ1v) is 21.1. The Balaban J connectivity index is 2.01. The number of fused-ring (bicyclic) bond motifs is 4. The Morgan fingerprint density at radius 3 is 2.30 bits per heavy atom. The van der Waals surface area contributed by atoms with Crippen LogP contribution < -0.4 is 14.4 Å². The van der Waals surface area contributed by atoms with E-state index >= 15 is 8.78 Å². The van der Waals surface area contributed by atoms with E-state index < -0.39 is 32.9 Å². The number of aliphatic carboxylic acids is 1. The molecular formula is C31H34F2I2N2O5S. The second-order valence-corrected chi connectivity index (χ2v) is 32.1. The van der Waals surface area contributed by atoms with Gasteiger partial charge in [0.25, 0.3) is 0 Å². The van der Waals surface area contributed by atoms with Crippen LogP contribution in [-0.4, -0.2) is 40.3 Å². The first-order chi connectivity index (χ1) is 19.8. The first-order valence-electron chi connectivity index (χ1n) is 13.7. The van der Waals surface area contributed by atoms with Crippen molar-refractivity contribution >= 4 is 63.3 Å². The van der Waals surface area contributed by atoms with Gasteiger partial charge in [0.1, 0.15) is 24.0 Å². The van der Waals surface area contributed by atoms with E-state index in [-0.39, 0.29) is 17.7 Å². The Bertz CT molecular complexity index is 1760. The summed E-state index contributed by atoms with van der Waals surface area (Å²) in [5.74, 6) is -1.74. The second kappa shape index (κ2) is 10.8. The van der Waals surface area contributed by atoms with E-state index in [0.29, 0.717) is 58.0 Å². The quantitative estimate of drug-likeness (QED) is 0.199. The van der Waals surface area contributed by atoms with Gasteiger partial charge in [0.2, 0.25) is 0 Å². The molecule has 5 rings (SSSR count). The fourth-order valence-electron chi connectivity index (χ4n) is 6.10. The van der Waals surface area contributed by atoms with Crippen molar-refractivity contribution in [3.05, 3.63) is 63.7 Å². The van der Waals surface area contributed by atoms with E-state index in [0.717, 1.165) is 23.4 Å². The van der Waals surface area contributed by atoms with Crippen molar-refractivity contribution in [3.8, 4) is 28.0 Å². The first kappa shape index (κ1) is 32.4. The van der Waals surface area contributed by atoms with E-state index in [1.54, 1.807) is 45.2 Å². The highest BCUT2D eigenvalue weighted by Gasteiger charge is 2.44. The Morgan fingerprint density at radius 2 is 1.70 bits per heavy atom. The zero-order chi connectivity index (χ0) is 31.8. The maximum absolute atomic E-state index is 15.8. The lowest BCUT2D eigenvalue weighted by atomic mass is 9.79. The largest absolute Gasteiger partial charge is 0.490 e. The normalized spacial score (nSPS) is 16.2. The van der Waals surface area contributed by atoms with Crippen LogP contribution in [0, 0.1) is 32.4 Å². The number of benzene rings is 3. The Morgan fingerprint density at radius 1 is 1.05 bits per heavy atom. The molecule has 0 bridgehead atoms. The number of halogens is 4. The third-order valence-corrected chi connectivity index (χ3v) is 11.9. The summed E-state index contributed by atoms with van der Waals surface area (Å²) in [4.78, 5) is 13.0. The molecule has 7 nitrogen and oxygen atoms in total. The van der Waals surface area contributed by atoms with Crippen molar-refractivity contribution in [3.63, 3.8) is 0 Å². The predicted octanol–water partition coefficient (Wildman–Crippen LogP) is 8.35. The fraction of sp³-hybridized carbons (Fsp3) is 0.387. The van der Waals surface area contributed by atoms with Gasteiger partial charge < -0.3 is 19.9 Å². The van der Waals surface area contributed by atoms with Crippen molar-refractivity contribution in [2.75, 3.05) is 29.0 Å². The molecule has 0 saturated heterocycles. The number of rotatable bonds is 5. The summed E-state index contributed by atoms with van der Waals surface area (Å²) in [6.07, 6.45) is 0.140. The van der Waals surface area contributed by atoms with Crippen molar-refractivity contribution in [1.82, 2.24) is 0 Å². The minimum atomic E-state index is -3.71. The van der Waals surface area contributed by atoms with Gasteiger partial charge >= 0.3 is 5.97 Å². The molecule has 43 heavy (non-hydrogen) atoms. The van der Waals surface area contributed by atoms with Crippen LogP contribution in [-0.2, 0) is 19.7 Å². The highest BCUT2D eigenvalue weighted by molar-refractivity contribution is 14.3. The van der Waals surface area contributed by atoms with Gasteiger partial charge in [0.05, 0.1) is 27.1 Å². The molecule has 232 valence electrons. The number of hydrogen-bond donors (Lipinski definition) is 2. The van der Waals surface area contributed by atoms with Gasteiger partial charge in [0.15, 0.2) is 6.10 Å². The molecule has 0 fully saturated rings. The van der Waals surface area contributed by atoms with Crippen LogP contribution in [0.25, 0.3) is 22.3 Å². The molecule has 0 aromatic heterocycles. The highest BCUT2D eigenvalue weighted by atomic mass is 127. The number of carboxylic acid groups (broad SMARTS) is 1. The number of carboxylic acids is 1. The van der Waals surface area contributed by atoms with E-state index in [2.05, 4.69) is 5.32 Å². The smallest absolute Gasteiger partial charge is 0.337 e. The van der Waals surface area contributed by atoms with Gasteiger partial charge in [-0.2, -0.15) is 0 Å². The van der Waals surface area contributed by atoms with Crippen molar-refractivity contribution in [2.45, 2.75) is 59.8 Å².